The van der Waals surface area contributed by atoms with Gasteiger partial charge in [0.2, 0.25) is 11.8 Å². The monoisotopic (exact) mass is 228 g/mol. The molecule has 0 bridgehead atoms. The molecule has 7 heteroatoms. The maximum atomic E-state index is 11.6. The largest absolute Gasteiger partial charge is 0.409 e. The molecule has 0 radical (unpaired) electrons. The molecule has 0 unspecified atom stereocenters. The zero-order valence-electron chi connectivity index (χ0n) is 9.22. The first kappa shape index (κ1) is 12.3. The lowest BCUT2D eigenvalue weighted by molar-refractivity contribution is -0.137. The number of nitrogens with zero attached hydrogens (tertiary/aromatic N) is 3. The molecule has 16 heavy (non-hydrogen) atoms. The van der Waals surface area contributed by atoms with Crippen LogP contribution in [0.2, 0.25) is 0 Å². The van der Waals surface area contributed by atoms with Crippen molar-refractivity contribution in [1.29, 1.82) is 0 Å². The van der Waals surface area contributed by atoms with Gasteiger partial charge in [-0.25, -0.2) is 0 Å². The topological polar surface area (TPSA) is 99.2 Å². The predicted molar refractivity (Wildman–Crippen MR) is 56.9 cm³/mol. The Hall–Kier alpha value is -1.79. The number of carbonyl (C=O) groups is 2. The van der Waals surface area contributed by atoms with Crippen LogP contribution in [0.15, 0.2) is 5.16 Å². The summed E-state index contributed by atoms with van der Waals surface area (Å²) in [4.78, 5) is 25.9. The third-order valence-electron chi connectivity index (χ3n) is 2.54. The van der Waals surface area contributed by atoms with Gasteiger partial charge in [0.25, 0.3) is 0 Å². The summed E-state index contributed by atoms with van der Waals surface area (Å²) >= 11 is 0. The number of oxime groups is 1. The number of nitrogens with two attached hydrogens (primary N) is 1. The minimum Gasteiger partial charge on any atom is -0.409 e. The molecule has 3 N–H and O–H groups in total. The van der Waals surface area contributed by atoms with E-state index in [9.17, 15) is 9.59 Å². The Labute approximate surface area is 93.5 Å². The normalized spacial score (nSPS) is 17.4. The summed E-state index contributed by atoms with van der Waals surface area (Å²) < 4.78 is 0. The van der Waals surface area contributed by atoms with Crippen LogP contribution in [0.25, 0.3) is 0 Å². The van der Waals surface area contributed by atoms with E-state index in [-0.39, 0.29) is 24.1 Å². The van der Waals surface area contributed by atoms with Gasteiger partial charge in [-0.15, -0.1) is 0 Å². The van der Waals surface area contributed by atoms with E-state index in [0.717, 1.165) is 0 Å². The molecule has 90 valence electrons. The Morgan fingerprint density at radius 2 is 1.75 bits per heavy atom. The van der Waals surface area contributed by atoms with Crippen molar-refractivity contribution >= 4 is 17.6 Å². The van der Waals surface area contributed by atoms with Crippen molar-refractivity contribution in [1.82, 2.24) is 9.80 Å². The van der Waals surface area contributed by atoms with Crippen molar-refractivity contribution in [3.8, 4) is 0 Å². The van der Waals surface area contributed by atoms with Gasteiger partial charge < -0.3 is 20.7 Å². The van der Waals surface area contributed by atoms with Crippen LogP contribution in [0.1, 0.15) is 13.3 Å². The van der Waals surface area contributed by atoms with E-state index in [1.54, 1.807) is 9.80 Å². The number of hydrogen-bond donors (Lipinski definition) is 2. The number of amides is 2. The quantitative estimate of drug-likeness (QED) is 0.269. The van der Waals surface area contributed by atoms with Gasteiger partial charge in [-0.2, -0.15) is 0 Å². The second kappa shape index (κ2) is 5.34. The summed E-state index contributed by atoms with van der Waals surface area (Å²) in [5.41, 5.74) is 5.24. The van der Waals surface area contributed by atoms with Crippen molar-refractivity contribution in [2.75, 3.05) is 26.2 Å². The van der Waals surface area contributed by atoms with Crippen molar-refractivity contribution in [2.24, 2.45) is 10.9 Å². The Morgan fingerprint density at radius 3 is 2.19 bits per heavy atom. The summed E-state index contributed by atoms with van der Waals surface area (Å²) in [6.07, 6.45) is -0.0867. The van der Waals surface area contributed by atoms with E-state index in [1.807, 2.05) is 0 Å². The molecule has 1 saturated heterocycles. The van der Waals surface area contributed by atoms with Gasteiger partial charge in [-0.1, -0.05) is 5.16 Å². The molecule has 0 aliphatic carbocycles. The first-order valence-corrected chi connectivity index (χ1v) is 5.04. The molecule has 1 rings (SSSR count). The minimum absolute atomic E-state index is 0.0172. The number of hydrogen-bond acceptors (Lipinski definition) is 4. The Morgan fingerprint density at radius 1 is 1.25 bits per heavy atom. The van der Waals surface area contributed by atoms with Crippen molar-refractivity contribution < 1.29 is 14.8 Å². The molecule has 1 fully saturated rings. The molecule has 1 aliphatic heterocycles. The number of rotatable bonds is 2. The number of carbonyl (C=O) groups excluding carboxylic acids is 2. The smallest absolute Gasteiger partial charge is 0.230 e. The van der Waals surface area contributed by atoms with E-state index in [1.165, 1.54) is 6.92 Å². The first-order valence-electron chi connectivity index (χ1n) is 5.04. The lowest BCUT2D eigenvalue weighted by atomic mass is 10.2. The fourth-order valence-electron chi connectivity index (χ4n) is 1.57. The average molecular weight is 228 g/mol. The third kappa shape index (κ3) is 3.11. The van der Waals surface area contributed by atoms with Crippen LogP contribution in [-0.2, 0) is 9.59 Å². The lowest BCUT2D eigenvalue weighted by Crippen LogP contribution is -2.50. The molecule has 0 spiro atoms. The van der Waals surface area contributed by atoms with Gasteiger partial charge in [0, 0.05) is 33.1 Å². The third-order valence-corrected chi connectivity index (χ3v) is 2.54. The zero-order valence-corrected chi connectivity index (χ0v) is 9.22. The molecular weight excluding hydrogens is 212 g/mol. The summed E-state index contributed by atoms with van der Waals surface area (Å²) in [5, 5.41) is 11.1. The highest BCUT2D eigenvalue weighted by Crippen LogP contribution is 2.03. The van der Waals surface area contributed by atoms with E-state index in [2.05, 4.69) is 5.16 Å². The van der Waals surface area contributed by atoms with E-state index < -0.39 is 0 Å². The zero-order chi connectivity index (χ0) is 12.1. The molecule has 2 amide bonds. The Bertz CT molecular complexity index is 308. The van der Waals surface area contributed by atoms with Crippen LogP contribution in [0.4, 0.5) is 0 Å². The maximum absolute atomic E-state index is 11.6. The van der Waals surface area contributed by atoms with Crippen molar-refractivity contribution in [3.05, 3.63) is 0 Å². The highest BCUT2D eigenvalue weighted by atomic mass is 16.4. The van der Waals surface area contributed by atoms with E-state index in [4.69, 9.17) is 10.9 Å². The van der Waals surface area contributed by atoms with Gasteiger partial charge in [0.05, 0.1) is 6.42 Å². The van der Waals surface area contributed by atoms with Gasteiger partial charge >= 0.3 is 0 Å². The molecule has 7 nitrogen and oxygen atoms in total. The molecule has 0 aromatic carbocycles. The van der Waals surface area contributed by atoms with Crippen molar-refractivity contribution in [3.63, 3.8) is 0 Å². The SMILES string of the molecule is CC(=O)N1CCN(C(=O)C/C(N)=N/O)CC1. The standard InChI is InChI=1S/C9H16N4O3/c1-7(14)12-2-4-13(5-3-12)9(15)6-8(10)11-16/h16H,2-6H2,1H3,(H2,10,11). The summed E-state index contributed by atoms with van der Waals surface area (Å²) in [5.74, 6) is -0.263. The fourth-order valence-corrected chi connectivity index (χ4v) is 1.57. The maximum Gasteiger partial charge on any atom is 0.230 e. The van der Waals surface area contributed by atoms with E-state index >= 15 is 0 Å². The Balaban J connectivity index is 2.42. The van der Waals surface area contributed by atoms with Crippen LogP contribution >= 0.6 is 0 Å². The molecule has 1 heterocycles. The summed E-state index contributed by atoms with van der Waals surface area (Å²) in [6, 6.07) is 0. The summed E-state index contributed by atoms with van der Waals surface area (Å²) in [6.45, 7) is 3.58. The number of piperazine rings is 1. The Kier molecular flexibility index (Phi) is 4.10. The molecule has 0 aromatic heterocycles. The predicted octanol–water partition coefficient (Wildman–Crippen LogP) is -1.19. The van der Waals surface area contributed by atoms with Crippen LogP contribution in [0.3, 0.4) is 0 Å². The molecule has 0 saturated carbocycles. The lowest BCUT2D eigenvalue weighted by Gasteiger charge is -2.34. The molecule has 0 aromatic rings. The van der Waals surface area contributed by atoms with Crippen LogP contribution in [0, 0.1) is 0 Å². The van der Waals surface area contributed by atoms with Gasteiger partial charge in [-0.05, 0) is 0 Å². The second-order valence-corrected chi connectivity index (χ2v) is 3.65. The van der Waals surface area contributed by atoms with Gasteiger partial charge in [0.1, 0.15) is 5.84 Å². The first-order chi connectivity index (χ1) is 7.54. The minimum atomic E-state index is -0.182. The van der Waals surface area contributed by atoms with Crippen LogP contribution < -0.4 is 5.73 Å². The highest BCUT2D eigenvalue weighted by Gasteiger charge is 2.22. The molecule has 1 aliphatic rings. The van der Waals surface area contributed by atoms with Gasteiger partial charge in [-0.3, -0.25) is 9.59 Å². The fraction of sp³-hybridized carbons (Fsp3) is 0.667. The van der Waals surface area contributed by atoms with Crippen LogP contribution in [-0.4, -0.2) is 58.8 Å². The second-order valence-electron chi connectivity index (χ2n) is 3.65. The van der Waals surface area contributed by atoms with Crippen molar-refractivity contribution in [2.45, 2.75) is 13.3 Å². The summed E-state index contributed by atoms with van der Waals surface area (Å²) in [7, 11) is 0. The van der Waals surface area contributed by atoms with Gasteiger partial charge in [0.15, 0.2) is 0 Å². The molecular formula is C9H16N4O3. The average Bonchev–Trinajstić information content (AvgIpc) is 2.28. The molecule has 0 atom stereocenters. The van der Waals surface area contributed by atoms with E-state index in [0.29, 0.717) is 26.2 Å². The van der Waals surface area contributed by atoms with Crippen LogP contribution in [0.5, 0.6) is 0 Å². The number of amidine groups is 1. The highest BCUT2D eigenvalue weighted by molar-refractivity contribution is 5.98.